The summed E-state index contributed by atoms with van der Waals surface area (Å²) in [6, 6.07) is 3.57. The lowest BCUT2D eigenvalue weighted by molar-refractivity contribution is -0.164. The number of nitrogens with one attached hydrogen (secondary N) is 2. The van der Waals surface area contributed by atoms with Gasteiger partial charge in [-0.2, -0.15) is 0 Å². The van der Waals surface area contributed by atoms with E-state index in [4.69, 9.17) is 19.2 Å². The van der Waals surface area contributed by atoms with E-state index >= 15 is 0 Å². The average molecular weight is 893 g/mol. The van der Waals surface area contributed by atoms with Crippen LogP contribution in [0.4, 0.5) is 5.82 Å². The highest BCUT2D eigenvalue weighted by atomic mass is 16.6. The summed E-state index contributed by atoms with van der Waals surface area (Å²) in [5, 5.41) is 30.4. The van der Waals surface area contributed by atoms with Gasteiger partial charge in [-0.05, 0) is 129 Å². The summed E-state index contributed by atoms with van der Waals surface area (Å²) >= 11 is 0. The molecule has 14 heteroatoms. The number of carboxylic acids is 1. The fourth-order valence-corrected chi connectivity index (χ4v) is 10.3. The Labute approximate surface area is 382 Å². The monoisotopic (exact) mass is 893 g/mol. The molecule has 7 unspecified atom stereocenters. The number of ether oxygens (including phenoxy) is 3. The predicted octanol–water partition coefficient (Wildman–Crippen LogP) is 5.91. The number of hydrogen-bond acceptors (Lipinski definition) is 12. The molecule has 0 saturated heterocycles. The fraction of sp³-hybridized carbons (Fsp3) is 0.588. The Hall–Kier alpha value is -5.21. The summed E-state index contributed by atoms with van der Waals surface area (Å²) in [6.45, 7) is 14.6. The van der Waals surface area contributed by atoms with Crippen LogP contribution in [0.15, 0.2) is 58.4 Å². The molecule has 2 aliphatic heterocycles. The Morgan fingerprint density at radius 3 is 2.38 bits per heavy atom. The largest absolute Gasteiger partial charge is 0.477 e. The molecule has 4 aliphatic carbocycles. The van der Waals surface area contributed by atoms with Crippen LogP contribution in [0.5, 0.6) is 0 Å². The van der Waals surface area contributed by atoms with Gasteiger partial charge >= 0.3 is 17.9 Å². The van der Waals surface area contributed by atoms with Crippen molar-refractivity contribution >= 4 is 41.7 Å². The third-order valence-corrected chi connectivity index (χ3v) is 13.8. The van der Waals surface area contributed by atoms with Crippen LogP contribution in [0.1, 0.15) is 125 Å². The maximum absolute atomic E-state index is 13.1. The van der Waals surface area contributed by atoms with Crippen molar-refractivity contribution in [3.05, 3.63) is 80.8 Å². The van der Waals surface area contributed by atoms with Crippen molar-refractivity contribution < 1.29 is 38.8 Å². The van der Waals surface area contributed by atoms with Gasteiger partial charge in [-0.3, -0.25) is 4.99 Å². The number of methoxy groups -OCH3 is 2. The van der Waals surface area contributed by atoms with Crippen molar-refractivity contribution in [3.63, 3.8) is 0 Å². The third kappa shape index (κ3) is 10.4. The quantitative estimate of drug-likeness (QED) is 0.103. The zero-order chi connectivity index (χ0) is 46.3. The number of esters is 2. The van der Waals surface area contributed by atoms with Crippen molar-refractivity contribution in [2.75, 3.05) is 32.6 Å². The van der Waals surface area contributed by atoms with Gasteiger partial charge in [0.15, 0.2) is 6.29 Å². The van der Waals surface area contributed by atoms with Crippen LogP contribution in [0.2, 0.25) is 0 Å². The number of anilines is 1. The zero-order valence-corrected chi connectivity index (χ0v) is 39.3. The Balaban J connectivity index is 0.884. The van der Waals surface area contributed by atoms with E-state index in [1.807, 2.05) is 42.8 Å². The van der Waals surface area contributed by atoms with Gasteiger partial charge in [-0.15, -0.1) is 0 Å². The molecule has 65 heavy (non-hydrogen) atoms. The number of carbonyl (C=O) groups excluding carboxylic acids is 2. The second kappa shape index (κ2) is 18.9. The first-order chi connectivity index (χ1) is 31.0. The Bertz CT molecular complexity index is 2420. The number of fused-ring (bicyclic) bond motifs is 2. The normalized spacial score (nSPS) is 25.2. The minimum Gasteiger partial charge on any atom is -0.477 e. The molecule has 0 aromatic carbocycles. The zero-order valence-electron chi connectivity index (χ0n) is 39.3. The number of pyridine rings is 1. The first-order valence-electron chi connectivity index (χ1n) is 23.7. The molecule has 6 aliphatic rings. The van der Waals surface area contributed by atoms with E-state index in [9.17, 15) is 24.6 Å². The first kappa shape index (κ1) is 46.3. The number of dihydropyridines is 1. The summed E-state index contributed by atoms with van der Waals surface area (Å²) in [6.07, 6.45) is 18.5. The second-order valence-corrected chi connectivity index (χ2v) is 20.4. The van der Waals surface area contributed by atoms with Gasteiger partial charge in [0, 0.05) is 43.1 Å². The lowest BCUT2D eigenvalue weighted by Crippen LogP contribution is -2.43. The molecule has 4 N–H and O–H groups in total. The number of rotatable bonds is 18. The molecule has 14 nitrogen and oxygen atoms in total. The van der Waals surface area contributed by atoms with Crippen molar-refractivity contribution in [1.29, 1.82) is 0 Å². The number of hydrogen-bond donors (Lipinski definition) is 4. The van der Waals surface area contributed by atoms with Gasteiger partial charge < -0.3 is 44.5 Å². The van der Waals surface area contributed by atoms with E-state index in [2.05, 4.69) is 66.4 Å². The highest BCUT2D eigenvalue weighted by Gasteiger charge is 2.45. The van der Waals surface area contributed by atoms with Gasteiger partial charge in [0.05, 0.1) is 43.2 Å². The summed E-state index contributed by atoms with van der Waals surface area (Å²) in [7, 11) is 2.79. The lowest BCUT2D eigenvalue weighted by Gasteiger charge is -2.38. The number of amidine groups is 1. The van der Waals surface area contributed by atoms with Crippen molar-refractivity contribution in [2.24, 2.45) is 34.6 Å². The molecule has 350 valence electrons. The summed E-state index contributed by atoms with van der Waals surface area (Å²) in [4.78, 5) is 49.9. The highest BCUT2D eigenvalue weighted by Crippen LogP contribution is 2.50. The van der Waals surface area contributed by atoms with Gasteiger partial charge in [0.25, 0.3) is 0 Å². The SMILES string of the molecule is COC(=O)C1=CC(C2CC2CCC(C)(C)OC(O)C2=CC3=CC(Nc4ncc(C5CC5)cc4C(=O)OC)CCC3N2CC(C)C)CN=C1NC1C=c2cc(C(=O)O)n(CC(C)C)c2=CC1. The van der Waals surface area contributed by atoms with Crippen LogP contribution in [-0.2, 0) is 25.5 Å². The fourth-order valence-electron chi connectivity index (χ4n) is 10.3. The van der Waals surface area contributed by atoms with Crippen LogP contribution in [0.3, 0.4) is 0 Å². The Morgan fingerprint density at radius 1 is 0.938 bits per heavy atom. The molecule has 8 rings (SSSR count). The summed E-state index contributed by atoms with van der Waals surface area (Å²) < 4.78 is 18.7. The Morgan fingerprint density at radius 2 is 1.69 bits per heavy atom. The number of carboxylic acid groups (broad SMARTS) is 1. The van der Waals surface area contributed by atoms with Crippen LogP contribution < -0.4 is 21.2 Å². The van der Waals surface area contributed by atoms with E-state index < -0.39 is 29.8 Å². The van der Waals surface area contributed by atoms with Gasteiger partial charge in [0.1, 0.15) is 22.9 Å². The minimum absolute atomic E-state index is 0.0423. The average Bonchev–Trinajstić information content (AvgIpc) is 4.20. The van der Waals surface area contributed by atoms with Crippen molar-refractivity contribution in [3.8, 4) is 0 Å². The second-order valence-electron chi connectivity index (χ2n) is 20.4. The lowest BCUT2D eigenvalue weighted by atomic mass is 9.91. The molecule has 0 bridgehead atoms. The van der Waals surface area contributed by atoms with E-state index in [1.54, 1.807) is 6.07 Å². The summed E-state index contributed by atoms with van der Waals surface area (Å²) in [5.41, 5.74) is 3.55. The smallest absolute Gasteiger partial charge is 0.352 e. The number of nitrogens with zero attached hydrogens (tertiary/aromatic N) is 4. The third-order valence-electron chi connectivity index (χ3n) is 13.8. The molecular weight excluding hydrogens is 825 g/mol. The van der Waals surface area contributed by atoms with Crippen LogP contribution in [0, 0.1) is 29.6 Å². The van der Waals surface area contributed by atoms with Gasteiger partial charge in [-0.25, -0.2) is 19.4 Å². The molecule has 0 amide bonds. The van der Waals surface area contributed by atoms with Crippen LogP contribution in [-0.4, -0.2) is 106 Å². The molecule has 0 radical (unpaired) electrons. The first-order valence-corrected chi connectivity index (χ1v) is 23.7. The number of carbonyl (C=O) groups is 3. The predicted molar refractivity (Wildman–Crippen MR) is 250 cm³/mol. The van der Waals surface area contributed by atoms with E-state index in [-0.39, 0.29) is 29.7 Å². The molecule has 0 spiro atoms. The molecule has 7 atom stereocenters. The van der Waals surface area contributed by atoms with Crippen LogP contribution >= 0.6 is 0 Å². The highest BCUT2D eigenvalue weighted by molar-refractivity contribution is 6.19. The number of aliphatic hydroxyl groups is 1. The van der Waals surface area contributed by atoms with E-state index in [0.717, 1.165) is 78.9 Å². The maximum atomic E-state index is 13.1. The standard InChI is InChI=1S/C51H68N6O8/c1-28(2)26-56-41-13-11-36(17-32(41)22-43(56)47(58)59)55-46-40(49(61)64-8)21-35(25-53-46)38-19-31(38)15-16-51(5,6)65-50(62)44-23-33-18-37(12-14-42(33)57(44)27-29(3)4)54-45-39(48(60)63-7)20-34(24-52-45)30-9-10-30/h13,17-18,20-24,28-31,35-38,42,50,62H,9-12,14-16,19,25-27H2,1-8H3,(H,52,54)(H,53,55)(H,58,59). The van der Waals surface area contributed by atoms with Crippen molar-refractivity contribution in [2.45, 2.75) is 135 Å². The molecule has 4 heterocycles. The Kier molecular flexibility index (Phi) is 13.5. The number of aromatic carboxylic acids is 1. The minimum atomic E-state index is -1.10. The number of aliphatic hydroxyl groups excluding tert-OH is 1. The maximum Gasteiger partial charge on any atom is 0.352 e. The topological polar surface area (TPSA) is 177 Å². The molecular formula is C51H68N6O8. The summed E-state index contributed by atoms with van der Waals surface area (Å²) in [5.74, 6) is 1.30. The van der Waals surface area contributed by atoms with Gasteiger partial charge in [-0.1, -0.05) is 52.0 Å². The van der Waals surface area contributed by atoms with E-state index in [1.165, 1.54) is 14.2 Å². The van der Waals surface area contributed by atoms with Gasteiger partial charge in [0.2, 0.25) is 0 Å². The molecule has 2 fully saturated rings. The molecule has 2 saturated carbocycles. The number of aromatic nitrogens is 2. The number of aliphatic imine (C=N–C) groups is 1. The van der Waals surface area contributed by atoms with E-state index in [0.29, 0.717) is 71.9 Å². The molecule has 2 aromatic rings. The van der Waals surface area contributed by atoms with Crippen molar-refractivity contribution in [1.82, 2.24) is 19.8 Å². The molecule has 2 aromatic heterocycles. The van der Waals surface area contributed by atoms with Crippen LogP contribution in [0.25, 0.3) is 12.2 Å².